The van der Waals surface area contributed by atoms with Gasteiger partial charge in [-0.1, -0.05) is 11.3 Å². The van der Waals surface area contributed by atoms with Crippen LogP contribution in [0, 0.1) is 12.8 Å². The van der Waals surface area contributed by atoms with Gasteiger partial charge in [0.15, 0.2) is 0 Å². The fourth-order valence-electron chi connectivity index (χ4n) is 2.49. The van der Waals surface area contributed by atoms with E-state index in [0.717, 1.165) is 31.9 Å². The monoisotopic (exact) mass is 298 g/mol. The molecule has 0 bridgehead atoms. The van der Waals surface area contributed by atoms with Crippen molar-refractivity contribution in [1.82, 2.24) is 9.47 Å². The number of hydrogen-bond donors (Lipinski definition) is 0. The summed E-state index contributed by atoms with van der Waals surface area (Å²) in [4.78, 5) is 25.8. The van der Waals surface area contributed by atoms with Gasteiger partial charge in [-0.15, -0.1) is 0 Å². The minimum absolute atomic E-state index is 0.0162. The minimum atomic E-state index is 0.0162. The summed E-state index contributed by atoms with van der Waals surface area (Å²) in [5, 5.41) is 1.83. The molecule has 1 amide bonds. The molecule has 1 atom stereocenters. The predicted octanol–water partition coefficient (Wildman–Crippen LogP) is 1.49. The normalized spacial score (nSPS) is 18.4. The Hall–Kier alpha value is -1.14. The Labute approximate surface area is 123 Å². The van der Waals surface area contributed by atoms with E-state index in [0.29, 0.717) is 25.4 Å². The predicted molar refractivity (Wildman–Crippen MR) is 79.1 cm³/mol. The fourth-order valence-corrected chi connectivity index (χ4v) is 3.25. The maximum Gasteiger partial charge on any atom is 0.307 e. The van der Waals surface area contributed by atoms with Crippen LogP contribution in [0.3, 0.4) is 0 Å². The lowest BCUT2D eigenvalue weighted by atomic mass is 10.1. The molecule has 20 heavy (non-hydrogen) atoms. The maximum atomic E-state index is 12.3. The first kappa shape index (κ1) is 15.3. The first-order valence-electron chi connectivity index (χ1n) is 7.12. The largest absolute Gasteiger partial charge is 0.381 e. The van der Waals surface area contributed by atoms with Crippen LogP contribution < -0.4 is 4.87 Å². The topological polar surface area (TPSA) is 51.5 Å². The molecule has 1 aromatic heterocycles. The summed E-state index contributed by atoms with van der Waals surface area (Å²) in [5.74, 6) is 0.585. The average molecular weight is 298 g/mol. The van der Waals surface area contributed by atoms with E-state index in [2.05, 4.69) is 0 Å². The summed E-state index contributed by atoms with van der Waals surface area (Å²) < 4.78 is 7.03. The Morgan fingerprint density at radius 3 is 2.95 bits per heavy atom. The highest BCUT2D eigenvalue weighted by Crippen LogP contribution is 2.14. The van der Waals surface area contributed by atoms with Crippen molar-refractivity contribution in [1.29, 1.82) is 0 Å². The summed E-state index contributed by atoms with van der Waals surface area (Å²) in [6.45, 7) is 7.42. The molecule has 2 heterocycles. The van der Waals surface area contributed by atoms with Gasteiger partial charge in [0, 0.05) is 49.7 Å². The standard InChI is InChI=1S/C14H22N2O3S/c1-3-15(8-12-5-7-19-9-12)13(17)4-6-16-11(2)10-20-14(16)18/h10,12H,3-9H2,1-2H3/t12-/m0/s1. The van der Waals surface area contributed by atoms with E-state index in [-0.39, 0.29) is 10.8 Å². The van der Waals surface area contributed by atoms with Crippen molar-refractivity contribution in [2.45, 2.75) is 33.2 Å². The van der Waals surface area contributed by atoms with Crippen LogP contribution in [0.15, 0.2) is 10.2 Å². The smallest absolute Gasteiger partial charge is 0.307 e. The highest BCUT2D eigenvalue weighted by Gasteiger charge is 2.21. The molecule has 0 radical (unpaired) electrons. The number of carbonyl (C=O) groups excluding carboxylic acids is 1. The molecule has 1 fully saturated rings. The van der Waals surface area contributed by atoms with Gasteiger partial charge in [-0.3, -0.25) is 9.59 Å². The number of aromatic nitrogens is 1. The molecule has 1 aliphatic rings. The van der Waals surface area contributed by atoms with Crippen molar-refractivity contribution in [3.05, 3.63) is 20.7 Å². The first-order chi connectivity index (χ1) is 9.61. The highest BCUT2D eigenvalue weighted by atomic mass is 32.1. The third-order valence-corrected chi connectivity index (χ3v) is 4.64. The molecule has 1 saturated heterocycles. The van der Waals surface area contributed by atoms with Crippen molar-refractivity contribution in [2.75, 3.05) is 26.3 Å². The second-order valence-corrected chi connectivity index (χ2v) is 6.03. The SMILES string of the molecule is CCN(C[C@@H]1CCOC1)C(=O)CCn1c(C)csc1=O. The highest BCUT2D eigenvalue weighted by molar-refractivity contribution is 7.07. The number of carbonyl (C=O) groups is 1. The van der Waals surface area contributed by atoms with Crippen molar-refractivity contribution in [3.63, 3.8) is 0 Å². The van der Waals surface area contributed by atoms with Gasteiger partial charge in [0.25, 0.3) is 0 Å². The van der Waals surface area contributed by atoms with Gasteiger partial charge in [-0.25, -0.2) is 0 Å². The summed E-state index contributed by atoms with van der Waals surface area (Å²) in [7, 11) is 0. The molecule has 0 aliphatic carbocycles. The van der Waals surface area contributed by atoms with E-state index in [1.54, 1.807) is 4.57 Å². The Morgan fingerprint density at radius 2 is 2.40 bits per heavy atom. The second kappa shape index (κ2) is 7.04. The number of hydrogen-bond acceptors (Lipinski definition) is 4. The Balaban J connectivity index is 1.87. The van der Waals surface area contributed by atoms with E-state index in [1.165, 1.54) is 11.3 Å². The van der Waals surface area contributed by atoms with E-state index in [1.807, 2.05) is 24.1 Å². The minimum Gasteiger partial charge on any atom is -0.381 e. The van der Waals surface area contributed by atoms with E-state index >= 15 is 0 Å². The molecule has 5 nitrogen and oxygen atoms in total. The summed E-state index contributed by atoms with van der Waals surface area (Å²) in [6.07, 6.45) is 1.42. The van der Waals surface area contributed by atoms with E-state index < -0.39 is 0 Å². The summed E-state index contributed by atoms with van der Waals surface area (Å²) >= 11 is 1.19. The number of rotatable bonds is 6. The molecule has 6 heteroatoms. The lowest BCUT2D eigenvalue weighted by Crippen LogP contribution is -2.36. The molecule has 0 N–H and O–H groups in total. The summed E-state index contributed by atoms with van der Waals surface area (Å²) in [6, 6.07) is 0. The summed E-state index contributed by atoms with van der Waals surface area (Å²) in [5.41, 5.74) is 0.931. The third-order valence-electron chi connectivity index (χ3n) is 3.76. The average Bonchev–Trinajstić information content (AvgIpc) is 3.05. The van der Waals surface area contributed by atoms with Gasteiger partial charge in [0.2, 0.25) is 5.91 Å². The van der Waals surface area contributed by atoms with Crippen LogP contribution in [0.25, 0.3) is 0 Å². The van der Waals surface area contributed by atoms with Crippen molar-refractivity contribution >= 4 is 17.2 Å². The zero-order chi connectivity index (χ0) is 14.5. The lowest BCUT2D eigenvalue weighted by Gasteiger charge is -2.23. The van der Waals surface area contributed by atoms with Crippen molar-refractivity contribution < 1.29 is 9.53 Å². The molecule has 0 unspecified atom stereocenters. The zero-order valence-electron chi connectivity index (χ0n) is 12.1. The van der Waals surface area contributed by atoms with Crippen LogP contribution in [-0.2, 0) is 16.1 Å². The number of ether oxygens (including phenoxy) is 1. The Morgan fingerprint density at radius 1 is 1.60 bits per heavy atom. The van der Waals surface area contributed by atoms with Crippen LogP contribution in [0.5, 0.6) is 0 Å². The molecule has 0 spiro atoms. The number of thiazole rings is 1. The second-order valence-electron chi connectivity index (χ2n) is 5.21. The molecule has 0 aromatic carbocycles. The van der Waals surface area contributed by atoms with Crippen molar-refractivity contribution in [2.24, 2.45) is 5.92 Å². The van der Waals surface area contributed by atoms with Crippen LogP contribution in [0.4, 0.5) is 0 Å². The fraction of sp³-hybridized carbons (Fsp3) is 0.714. The van der Waals surface area contributed by atoms with Gasteiger partial charge in [0.1, 0.15) is 0 Å². The van der Waals surface area contributed by atoms with Crippen LogP contribution in [0.2, 0.25) is 0 Å². The third kappa shape index (κ3) is 3.70. The maximum absolute atomic E-state index is 12.3. The van der Waals surface area contributed by atoms with Gasteiger partial charge in [0.05, 0.1) is 6.61 Å². The van der Waals surface area contributed by atoms with E-state index in [4.69, 9.17) is 4.74 Å². The Bertz CT molecular complexity index is 503. The molecular formula is C14H22N2O3S. The van der Waals surface area contributed by atoms with Gasteiger partial charge in [-0.2, -0.15) is 0 Å². The Kier molecular flexibility index (Phi) is 5.37. The van der Waals surface area contributed by atoms with Crippen LogP contribution in [-0.4, -0.2) is 41.7 Å². The molecule has 112 valence electrons. The van der Waals surface area contributed by atoms with Gasteiger partial charge < -0.3 is 14.2 Å². The number of amides is 1. The molecule has 2 rings (SSSR count). The zero-order valence-corrected chi connectivity index (χ0v) is 12.9. The van der Waals surface area contributed by atoms with E-state index in [9.17, 15) is 9.59 Å². The molecular weight excluding hydrogens is 276 g/mol. The molecule has 1 aromatic rings. The first-order valence-corrected chi connectivity index (χ1v) is 8.00. The van der Waals surface area contributed by atoms with Gasteiger partial charge in [-0.05, 0) is 20.3 Å². The lowest BCUT2D eigenvalue weighted by molar-refractivity contribution is -0.131. The molecule has 0 saturated carbocycles. The van der Waals surface area contributed by atoms with Gasteiger partial charge >= 0.3 is 4.87 Å². The quantitative estimate of drug-likeness (QED) is 0.799. The van der Waals surface area contributed by atoms with Crippen molar-refractivity contribution in [3.8, 4) is 0 Å². The van der Waals surface area contributed by atoms with Crippen LogP contribution in [0.1, 0.15) is 25.5 Å². The molecule has 1 aliphatic heterocycles. The number of nitrogens with zero attached hydrogens (tertiary/aromatic N) is 2. The van der Waals surface area contributed by atoms with Crippen LogP contribution >= 0.6 is 11.3 Å². The number of aryl methyl sites for hydroxylation is 1.